The molecule has 1 radical (unpaired) electrons. The average Bonchev–Trinajstić information content (AvgIpc) is 1.98. The molecule has 0 aliphatic rings. The zero-order chi connectivity index (χ0) is 9.45. The fourth-order valence-electron chi connectivity index (χ4n) is 0.580. The number of nitrogens with one attached hydrogen (secondary N) is 1. The van der Waals surface area contributed by atoms with Crippen LogP contribution in [0.15, 0.2) is 0 Å². The van der Waals surface area contributed by atoms with E-state index in [1.165, 1.54) is 0 Å². The number of hydrogen-bond donors (Lipinski definition) is 0. The Labute approximate surface area is 77.9 Å². The van der Waals surface area contributed by atoms with Crippen molar-refractivity contribution in [2.45, 2.75) is 0 Å². The average molecular weight is 215 g/mol. The molecule has 0 heterocycles. The van der Waals surface area contributed by atoms with Gasteiger partial charge >= 0.3 is 0 Å². The zero-order valence-electron chi connectivity index (χ0n) is 6.75. The van der Waals surface area contributed by atoms with Crippen LogP contribution in [0.25, 0.3) is 0 Å². The van der Waals surface area contributed by atoms with Gasteiger partial charge in [-0.2, -0.15) is 0 Å². The van der Waals surface area contributed by atoms with Crippen LogP contribution in [0.5, 0.6) is 0 Å². The molecule has 4 nitrogen and oxygen atoms in total. The molecular formula is C6H13ClNO3S. The van der Waals surface area contributed by atoms with Crippen molar-refractivity contribution in [3.8, 4) is 0 Å². The van der Waals surface area contributed by atoms with Crippen LogP contribution in [-0.2, 0) is 14.6 Å². The minimum atomic E-state index is -3.03. The lowest BCUT2D eigenvalue weighted by atomic mass is 10.7. The van der Waals surface area contributed by atoms with Gasteiger partial charge in [0.05, 0.1) is 24.7 Å². The highest BCUT2D eigenvalue weighted by Gasteiger charge is 2.08. The lowest BCUT2D eigenvalue weighted by Crippen LogP contribution is -2.17. The topological polar surface area (TPSA) is 67.2 Å². The Morgan fingerprint density at radius 2 is 1.92 bits per heavy atom. The molecule has 6 heteroatoms. The van der Waals surface area contributed by atoms with E-state index in [1.54, 1.807) is 0 Å². The van der Waals surface area contributed by atoms with E-state index >= 15 is 0 Å². The van der Waals surface area contributed by atoms with Crippen LogP contribution in [0.3, 0.4) is 0 Å². The summed E-state index contributed by atoms with van der Waals surface area (Å²) in [5.41, 5.74) is 6.72. The van der Waals surface area contributed by atoms with Crippen LogP contribution in [0.2, 0.25) is 0 Å². The van der Waals surface area contributed by atoms with Crippen LogP contribution >= 0.6 is 11.6 Å². The number of rotatable bonds is 7. The van der Waals surface area contributed by atoms with Crippen LogP contribution in [-0.4, -0.2) is 45.6 Å². The predicted molar refractivity (Wildman–Crippen MR) is 48.2 cm³/mol. The first-order valence-electron chi connectivity index (χ1n) is 3.61. The highest BCUT2D eigenvalue weighted by Crippen LogP contribution is 1.92. The molecule has 0 aromatic heterocycles. The predicted octanol–water partition coefficient (Wildman–Crippen LogP) is -0.0605. The van der Waals surface area contributed by atoms with Gasteiger partial charge < -0.3 is 4.74 Å². The highest BCUT2D eigenvalue weighted by atomic mass is 35.5. The largest absolute Gasteiger partial charge is 0.379 e. The Hall–Kier alpha value is 0.160. The summed E-state index contributed by atoms with van der Waals surface area (Å²) in [5.74, 6) is 0.124. The molecule has 0 aliphatic heterocycles. The molecule has 0 aliphatic carbocycles. The molecule has 0 saturated heterocycles. The van der Waals surface area contributed by atoms with Gasteiger partial charge in [0.1, 0.15) is 0 Å². The van der Waals surface area contributed by atoms with E-state index in [9.17, 15) is 8.42 Å². The van der Waals surface area contributed by atoms with E-state index in [1.807, 2.05) is 0 Å². The van der Waals surface area contributed by atoms with Crippen molar-refractivity contribution in [3.63, 3.8) is 0 Å². The number of hydrogen-bond acceptors (Lipinski definition) is 3. The lowest BCUT2D eigenvalue weighted by Gasteiger charge is -2.02. The number of sulfone groups is 1. The fraction of sp³-hybridized carbons (Fsp3) is 1.00. The van der Waals surface area contributed by atoms with E-state index in [0.717, 1.165) is 0 Å². The summed E-state index contributed by atoms with van der Waals surface area (Å²) in [6.45, 7) is 0.615. The van der Waals surface area contributed by atoms with Crippen LogP contribution < -0.4 is 5.73 Å². The molecule has 0 amide bonds. The maximum Gasteiger partial charge on any atom is 0.153 e. The number of alkyl halides is 1. The maximum atomic E-state index is 11.0. The van der Waals surface area contributed by atoms with Gasteiger partial charge in [-0.15, -0.1) is 11.6 Å². The molecule has 0 fully saturated rings. The number of halogens is 1. The summed E-state index contributed by atoms with van der Waals surface area (Å²) >= 11 is 5.28. The summed E-state index contributed by atoms with van der Waals surface area (Å²) in [4.78, 5) is 0. The van der Waals surface area contributed by atoms with Gasteiger partial charge in [0, 0.05) is 12.4 Å². The van der Waals surface area contributed by atoms with Crippen molar-refractivity contribution in [2.75, 3.05) is 37.1 Å². The molecule has 12 heavy (non-hydrogen) atoms. The summed E-state index contributed by atoms with van der Waals surface area (Å²) in [7, 11) is -3.03. The Kier molecular flexibility index (Phi) is 6.74. The number of ether oxygens (including phenoxy) is 1. The SMILES string of the molecule is [NH]CCOCCS(=O)(=O)CCCl. The second-order valence-electron chi connectivity index (χ2n) is 2.20. The van der Waals surface area contributed by atoms with Crippen molar-refractivity contribution in [3.05, 3.63) is 0 Å². The summed E-state index contributed by atoms with van der Waals surface area (Å²) in [6.07, 6.45) is 0. The molecule has 1 N–H and O–H groups in total. The molecule has 0 spiro atoms. The van der Waals surface area contributed by atoms with Crippen LogP contribution in [0, 0.1) is 0 Å². The van der Waals surface area contributed by atoms with E-state index in [-0.39, 0.29) is 37.1 Å². The zero-order valence-corrected chi connectivity index (χ0v) is 8.33. The van der Waals surface area contributed by atoms with Gasteiger partial charge in [-0.1, -0.05) is 0 Å². The monoisotopic (exact) mass is 214 g/mol. The molecule has 73 valence electrons. The lowest BCUT2D eigenvalue weighted by molar-refractivity contribution is 0.156. The molecule has 0 saturated carbocycles. The Morgan fingerprint density at radius 1 is 1.25 bits per heavy atom. The van der Waals surface area contributed by atoms with Gasteiger partial charge in [0.15, 0.2) is 9.84 Å². The first kappa shape index (κ1) is 12.2. The standard InChI is InChI=1S/C6H13ClNO3S/c7-1-5-12(9,10)6-4-11-3-2-8/h8H,1-6H2. The van der Waals surface area contributed by atoms with Gasteiger partial charge in [-0.25, -0.2) is 8.42 Å². The third kappa shape index (κ3) is 6.84. The van der Waals surface area contributed by atoms with Crippen molar-refractivity contribution in [1.82, 2.24) is 5.73 Å². The molecule has 0 aromatic rings. The van der Waals surface area contributed by atoms with Crippen LogP contribution in [0.4, 0.5) is 0 Å². The maximum absolute atomic E-state index is 11.0. The van der Waals surface area contributed by atoms with Crippen molar-refractivity contribution in [1.29, 1.82) is 0 Å². The third-order valence-electron chi connectivity index (χ3n) is 1.17. The smallest absolute Gasteiger partial charge is 0.153 e. The van der Waals surface area contributed by atoms with Crippen molar-refractivity contribution >= 4 is 21.4 Å². The highest BCUT2D eigenvalue weighted by molar-refractivity contribution is 7.91. The first-order chi connectivity index (χ1) is 5.62. The molecular weight excluding hydrogens is 202 g/mol. The second kappa shape index (κ2) is 6.65. The summed E-state index contributed by atoms with van der Waals surface area (Å²) in [5, 5.41) is 0. The molecule has 0 rings (SSSR count). The second-order valence-corrected chi connectivity index (χ2v) is 4.88. The van der Waals surface area contributed by atoms with E-state index in [2.05, 4.69) is 0 Å². The van der Waals surface area contributed by atoms with E-state index in [4.69, 9.17) is 22.1 Å². The Bertz CT molecular complexity index is 193. The fourth-order valence-corrected chi connectivity index (χ4v) is 2.10. The van der Waals surface area contributed by atoms with E-state index in [0.29, 0.717) is 0 Å². The van der Waals surface area contributed by atoms with Gasteiger partial charge in [0.25, 0.3) is 0 Å². The third-order valence-corrected chi connectivity index (χ3v) is 3.20. The normalized spacial score (nSPS) is 11.8. The minimum Gasteiger partial charge on any atom is -0.379 e. The van der Waals surface area contributed by atoms with Crippen molar-refractivity contribution in [2.24, 2.45) is 0 Å². The first-order valence-corrected chi connectivity index (χ1v) is 5.96. The van der Waals surface area contributed by atoms with Gasteiger partial charge in [-0.05, 0) is 0 Å². The molecule has 0 atom stereocenters. The van der Waals surface area contributed by atoms with Crippen molar-refractivity contribution < 1.29 is 13.2 Å². The van der Waals surface area contributed by atoms with Gasteiger partial charge in [-0.3, -0.25) is 5.73 Å². The molecule has 0 unspecified atom stereocenters. The van der Waals surface area contributed by atoms with E-state index < -0.39 is 9.84 Å². The summed E-state index contributed by atoms with van der Waals surface area (Å²) < 4.78 is 26.8. The molecule has 0 bridgehead atoms. The Morgan fingerprint density at radius 3 is 2.42 bits per heavy atom. The Balaban J connectivity index is 3.48. The van der Waals surface area contributed by atoms with Crippen LogP contribution in [0.1, 0.15) is 0 Å². The van der Waals surface area contributed by atoms with Gasteiger partial charge in [0.2, 0.25) is 0 Å². The minimum absolute atomic E-state index is 0.000278. The summed E-state index contributed by atoms with van der Waals surface area (Å²) in [6, 6.07) is 0. The quantitative estimate of drug-likeness (QED) is 0.441. The molecule has 0 aromatic carbocycles.